The monoisotopic (exact) mass is 512 g/mol. The van der Waals surface area contributed by atoms with Crippen molar-refractivity contribution in [3.05, 3.63) is 23.3 Å². The number of Topliss-reactive ketones (excluding diaryl/α,β-unsaturated/α-hetero) is 1. The second-order valence-electron chi connectivity index (χ2n) is 14.0. The van der Waals surface area contributed by atoms with Crippen molar-refractivity contribution < 1.29 is 24.2 Å². The molecule has 37 heavy (non-hydrogen) atoms. The number of ether oxygens (including phenoxy) is 1. The van der Waals surface area contributed by atoms with Crippen molar-refractivity contribution in [3.8, 4) is 0 Å². The lowest BCUT2D eigenvalue weighted by atomic mass is 9.41. The number of ketones is 1. The van der Waals surface area contributed by atoms with E-state index >= 15 is 0 Å². The number of carboxylic acids is 1. The number of hydrogen-bond donors (Lipinski definition) is 1. The summed E-state index contributed by atoms with van der Waals surface area (Å²) in [6.07, 6.45) is 11.4. The molecule has 0 bridgehead atoms. The van der Waals surface area contributed by atoms with E-state index in [9.17, 15) is 19.5 Å². The van der Waals surface area contributed by atoms with Gasteiger partial charge < -0.3 is 9.84 Å². The summed E-state index contributed by atoms with van der Waals surface area (Å²) in [6, 6.07) is 0. The van der Waals surface area contributed by atoms with Crippen LogP contribution in [0.2, 0.25) is 0 Å². The van der Waals surface area contributed by atoms with Crippen LogP contribution < -0.4 is 0 Å². The van der Waals surface area contributed by atoms with Crippen LogP contribution >= 0.6 is 0 Å². The highest BCUT2D eigenvalue weighted by Crippen LogP contribution is 2.73. The number of hydrogen-bond acceptors (Lipinski definition) is 4. The van der Waals surface area contributed by atoms with Crippen LogP contribution in [-0.4, -0.2) is 28.9 Å². The molecule has 4 aliphatic rings. The summed E-state index contributed by atoms with van der Waals surface area (Å²) in [4.78, 5) is 36.6. The van der Waals surface area contributed by atoms with Gasteiger partial charge in [-0.2, -0.15) is 0 Å². The topological polar surface area (TPSA) is 80.7 Å². The molecule has 206 valence electrons. The van der Waals surface area contributed by atoms with Crippen LogP contribution in [0.1, 0.15) is 107 Å². The SMILES string of the molecule is CC(=O)O[C@@H]1C=C2[C@@H](CC[C@H]3C(C)(C)C(=O)CC[C@]23C)[C@]2(C)CCC([C@H](C)CC/C=C(/C)C(=O)O)[C@@]12C. The second-order valence-corrected chi connectivity index (χ2v) is 14.0. The normalized spacial score (nSPS) is 41.7. The molecule has 1 N–H and O–H groups in total. The fourth-order valence-electron chi connectivity index (χ4n) is 9.67. The maximum Gasteiger partial charge on any atom is 0.330 e. The molecule has 0 aromatic carbocycles. The quantitative estimate of drug-likeness (QED) is 0.232. The van der Waals surface area contributed by atoms with Crippen molar-refractivity contribution in [2.24, 2.45) is 45.3 Å². The van der Waals surface area contributed by atoms with E-state index in [0.717, 1.165) is 44.9 Å². The van der Waals surface area contributed by atoms with E-state index in [2.05, 4.69) is 47.6 Å². The van der Waals surface area contributed by atoms with E-state index in [0.29, 0.717) is 41.4 Å². The van der Waals surface area contributed by atoms with E-state index in [-0.39, 0.29) is 33.7 Å². The summed E-state index contributed by atoms with van der Waals surface area (Å²) < 4.78 is 6.20. The summed E-state index contributed by atoms with van der Waals surface area (Å²) in [5, 5.41) is 9.22. The summed E-state index contributed by atoms with van der Waals surface area (Å²) in [5.41, 5.74) is 1.28. The zero-order chi connectivity index (χ0) is 27.6. The highest BCUT2D eigenvalue weighted by molar-refractivity contribution is 5.86. The number of fused-ring (bicyclic) bond motifs is 5. The minimum absolute atomic E-state index is 0.00251. The Labute approximate surface area is 223 Å². The van der Waals surface area contributed by atoms with E-state index in [4.69, 9.17) is 4.74 Å². The van der Waals surface area contributed by atoms with Crippen molar-refractivity contribution in [1.82, 2.24) is 0 Å². The van der Waals surface area contributed by atoms with E-state index in [1.54, 1.807) is 6.92 Å². The number of esters is 1. The van der Waals surface area contributed by atoms with Gasteiger partial charge in [-0.1, -0.05) is 53.2 Å². The molecule has 1 unspecified atom stereocenters. The van der Waals surface area contributed by atoms with Crippen molar-refractivity contribution in [2.45, 2.75) is 113 Å². The van der Waals surface area contributed by atoms with Gasteiger partial charge in [0, 0.05) is 29.7 Å². The van der Waals surface area contributed by atoms with E-state index in [1.165, 1.54) is 12.5 Å². The second kappa shape index (κ2) is 9.38. The molecule has 0 saturated heterocycles. The first-order valence-corrected chi connectivity index (χ1v) is 14.4. The molecule has 4 aliphatic carbocycles. The third kappa shape index (κ3) is 4.14. The van der Waals surface area contributed by atoms with Gasteiger partial charge in [0.2, 0.25) is 0 Å². The number of carbonyl (C=O) groups excluding carboxylic acids is 2. The highest BCUT2D eigenvalue weighted by atomic mass is 16.5. The Balaban J connectivity index is 1.73. The zero-order valence-electron chi connectivity index (χ0n) is 24.3. The van der Waals surface area contributed by atoms with Crippen LogP contribution in [0.3, 0.4) is 0 Å². The van der Waals surface area contributed by atoms with Crippen LogP contribution in [0.25, 0.3) is 0 Å². The van der Waals surface area contributed by atoms with Crippen LogP contribution in [0, 0.1) is 45.3 Å². The summed E-state index contributed by atoms with van der Waals surface area (Å²) >= 11 is 0. The summed E-state index contributed by atoms with van der Waals surface area (Å²) in [6.45, 7) is 17.0. The standard InChI is InChI=1S/C32H48O5/c1-19(10-9-11-20(2)28(35)36)22-14-17-31(7)23-12-13-25-29(4,5)26(34)15-16-30(25,6)24(23)18-27(32(22,31)8)37-21(3)33/h11,18-19,22-23,25,27H,9-10,12-17H2,1-8H3,(H,35,36)/b20-11-/t19-,22?,23-,25+,27-,30-,31+,32+/m1/s1. The lowest BCUT2D eigenvalue weighted by molar-refractivity contribution is -0.168. The van der Waals surface area contributed by atoms with Gasteiger partial charge in [0.1, 0.15) is 11.9 Å². The van der Waals surface area contributed by atoms with Crippen molar-refractivity contribution in [2.75, 3.05) is 0 Å². The Morgan fingerprint density at radius 2 is 1.78 bits per heavy atom. The van der Waals surface area contributed by atoms with Crippen molar-refractivity contribution >= 4 is 17.7 Å². The first-order valence-electron chi connectivity index (χ1n) is 14.4. The summed E-state index contributed by atoms with van der Waals surface area (Å²) in [5.74, 6) is 0.808. The molecule has 0 spiro atoms. The Morgan fingerprint density at radius 1 is 1.11 bits per heavy atom. The van der Waals surface area contributed by atoms with Gasteiger partial charge in [0.05, 0.1) is 0 Å². The lowest BCUT2D eigenvalue weighted by Crippen LogP contribution is -2.60. The predicted octanol–water partition coefficient (Wildman–Crippen LogP) is 7.15. The molecular weight excluding hydrogens is 464 g/mol. The summed E-state index contributed by atoms with van der Waals surface area (Å²) in [7, 11) is 0. The van der Waals surface area contributed by atoms with Crippen LogP contribution in [0.4, 0.5) is 0 Å². The number of aliphatic carboxylic acids is 1. The number of carboxylic acid groups (broad SMARTS) is 1. The fourth-order valence-corrected chi connectivity index (χ4v) is 9.67. The molecule has 0 aliphatic heterocycles. The van der Waals surface area contributed by atoms with Gasteiger partial charge in [0.15, 0.2) is 0 Å². The molecule has 8 atom stereocenters. The molecule has 3 fully saturated rings. The number of rotatable bonds is 6. The van der Waals surface area contributed by atoms with Crippen LogP contribution in [0.5, 0.6) is 0 Å². The molecule has 0 aromatic heterocycles. The van der Waals surface area contributed by atoms with Crippen molar-refractivity contribution in [3.63, 3.8) is 0 Å². The van der Waals surface area contributed by atoms with Crippen LogP contribution in [-0.2, 0) is 19.1 Å². The van der Waals surface area contributed by atoms with Gasteiger partial charge >= 0.3 is 11.9 Å². The Bertz CT molecular complexity index is 1040. The van der Waals surface area contributed by atoms with Gasteiger partial charge in [-0.25, -0.2) is 4.79 Å². The van der Waals surface area contributed by atoms with Crippen LogP contribution in [0.15, 0.2) is 23.3 Å². The molecule has 5 nitrogen and oxygen atoms in total. The molecule has 0 aromatic rings. The maximum absolute atomic E-state index is 12.9. The minimum atomic E-state index is -0.857. The zero-order valence-corrected chi connectivity index (χ0v) is 24.3. The highest BCUT2D eigenvalue weighted by Gasteiger charge is 2.68. The first-order chi connectivity index (χ1) is 17.1. The predicted molar refractivity (Wildman–Crippen MR) is 145 cm³/mol. The third-order valence-electron chi connectivity index (χ3n) is 12.1. The minimum Gasteiger partial charge on any atom is -0.478 e. The molecule has 0 radical (unpaired) electrons. The largest absolute Gasteiger partial charge is 0.478 e. The lowest BCUT2D eigenvalue weighted by Gasteiger charge is -2.64. The number of carbonyl (C=O) groups is 3. The molecule has 3 saturated carbocycles. The molecule has 5 heteroatoms. The molecule has 4 rings (SSSR count). The molecule has 0 amide bonds. The van der Waals surface area contributed by atoms with Crippen molar-refractivity contribution in [1.29, 1.82) is 0 Å². The van der Waals surface area contributed by atoms with Gasteiger partial charge in [0.25, 0.3) is 0 Å². The average molecular weight is 513 g/mol. The molecular formula is C32H48O5. The smallest absolute Gasteiger partial charge is 0.330 e. The first kappa shape index (κ1) is 28.1. The van der Waals surface area contributed by atoms with Gasteiger partial charge in [-0.3, -0.25) is 9.59 Å². The average Bonchev–Trinajstić information content (AvgIpc) is 3.09. The fraction of sp³-hybridized carbons (Fsp3) is 0.781. The third-order valence-corrected chi connectivity index (χ3v) is 12.1. The van der Waals surface area contributed by atoms with Gasteiger partial charge in [-0.15, -0.1) is 0 Å². The van der Waals surface area contributed by atoms with E-state index < -0.39 is 5.97 Å². The Morgan fingerprint density at radius 3 is 2.41 bits per heavy atom. The Hall–Kier alpha value is -1.91. The number of allylic oxidation sites excluding steroid dienone is 2. The molecule has 0 heterocycles. The Kier molecular flexibility index (Phi) is 7.12. The van der Waals surface area contributed by atoms with Gasteiger partial charge in [-0.05, 0) is 92.4 Å². The maximum atomic E-state index is 12.9. The van der Waals surface area contributed by atoms with E-state index in [1.807, 2.05) is 6.08 Å².